The van der Waals surface area contributed by atoms with Gasteiger partial charge < -0.3 is 10.7 Å². The highest BCUT2D eigenvalue weighted by molar-refractivity contribution is 7.92. The summed E-state index contributed by atoms with van der Waals surface area (Å²) in [6.45, 7) is 3.78. The van der Waals surface area contributed by atoms with Crippen molar-refractivity contribution in [2.45, 2.75) is 25.3 Å². The summed E-state index contributed by atoms with van der Waals surface area (Å²) < 4.78 is 26.7. The molecule has 0 amide bonds. The molecular formula is C12H16N4O2S. The number of benzene rings is 1. The molecule has 0 spiro atoms. The van der Waals surface area contributed by atoms with E-state index in [2.05, 4.69) is 14.7 Å². The van der Waals surface area contributed by atoms with Crippen LogP contribution in [0.2, 0.25) is 0 Å². The summed E-state index contributed by atoms with van der Waals surface area (Å²) in [5, 5.41) is 0.0318. The van der Waals surface area contributed by atoms with Crippen LogP contribution < -0.4 is 10.5 Å². The van der Waals surface area contributed by atoms with Crippen LogP contribution in [-0.2, 0) is 16.4 Å². The van der Waals surface area contributed by atoms with Gasteiger partial charge in [-0.05, 0) is 24.6 Å². The Morgan fingerprint density at radius 2 is 2.16 bits per heavy atom. The van der Waals surface area contributed by atoms with Gasteiger partial charge in [-0.25, -0.2) is 4.98 Å². The highest BCUT2D eigenvalue weighted by atomic mass is 32.2. The molecule has 19 heavy (non-hydrogen) atoms. The zero-order chi connectivity index (χ0) is 14.0. The highest BCUT2D eigenvalue weighted by Crippen LogP contribution is 2.22. The highest BCUT2D eigenvalue weighted by Gasteiger charge is 2.18. The van der Waals surface area contributed by atoms with Gasteiger partial charge in [-0.1, -0.05) is 13.0 Å². The zero-order valence-electron chi connectivity index (χ0n) is 10.8. The van der Waals surface area contributed by atoms with Crippen molar-refractivity contribution in [2.24, 2.45) is 0 Å². The second-order valence-electron chi connectivity index (χ2n) is 4.24. The van der Waals surface area contributed by atoms with E-state index in [1.54, 1.807) is 18.2 Å². The first-order valence-electron chi connectivity index (χ1n) is 5.85. The minimum Gasteiger partial charge on any atom is -0.397 e. The second kappa shape index (κ2) is 4.93. The summed E-state index contributed by atoms with van der Waals surface area (Å²) in [6.07, 6.45) is 1.94. The third-order valence-corrected chi connectivity index (χ3v) is 3.96. The fourth-order valence-electron chi connectivity index (χ4n) is 1.63. The Hall–Kier alpha value is -2.02. The van der Waals surface area contributed by atoms with Crippen molar-refractivity contribution >= 4 is 21.4 Å². The van der Waals surface area contributed by atoms with Gasteiger partial charge in [0.2, 0.25) is 0 Å². The number of aromatic amines is 1. The van der Waals surface area contributed by atoms with Crippen molar-refractivity contribution in [3.05, 3.63) is 35.8 Å². The summed E-state index contributed by atoms with van der Waals surface area (Å²) in [6, 6.07) is 5.14. The first-order valence-corrected chi connectivity index (χ1v) is 7.33. The van der Waals surface area contributed by atoms with Crippen LogP contribution in [0.5, 0.6) is 0 Å². The van der Waals surface area contributed by atoms with Crippen molar-refractivity contribution in [3.8, 4) is 0 Å². The van der Waals surface area contributed by atoms with Gasteiger partial charge >= 0.3 is 0 Å². The van der Waals surface area contributed by atoms with Crippen LogP contribution in [0.15, 0.2) is 29.4 Å². The maximum Gasteiger partial charge on any atom is 0.279 e. The van der Waals surface area contributed by atoms with Crippen LogP contribution in [0.4, 0.5) is 11.4 Å². The van der Waals surface area contributed by atoms with Gasteiger partial charge in [-0.15, -0.1) is 0 Å². The molecule has 0 atom stereocenters. The number of anilines is 2. The lowest BCUT2D eigenvalue weighted by atomic mass is 10.2. The minimum absolute atomic E-state index is 0.0318. The summed E-state index contributed by atoms with van der Waals surface area (Å²) in [5.74, 6) is 0.622. The first kappa shape index (κ1) is 13.4. The molecule has 0 saturated carbocycles. The molecule has 0 unspecified atom stereocenters. The lowest BCUT2D eigenvalue weighted by molar-refractivity contribution is 0.598. The van der Waals surface area contributed by atoms with Crippen LogP contribution in [-0.4, -0.2) is 18.4 Å². The molecule has 2 rings (SSSR count). The fraction of sp³-hybridized carbons (Fsp3) is 0.250. The Balaban J connectivity index is 2.30. The second-order valence-corrected chi connectivity index (χ2v) is 5.89. The third-order valence-electron chi connectivity index (χ3n) is 2.68. The number of nitrogen functional groups attached to an aromatic ring is 1. The zero-order valence-corrected chi connectivity index (χ0v) is 11.6. The Morgan fingerprint density at radius 3 is 2.74 bits per heavy atom. The Morgan fingerprint density at radius 1 is 1.42 bits per heavy atom. The molecule has 0 aliphatic rings. The SMILES string of the molecule is CCc1ncc(S(=O)(=O)Nc2ccc(C)cc2N)[nH]1. The van der Waals surface area contributed by atoms with Gasteiger partial charge in [0, 0.05) is 6.42 Å². The molecule has 0 saturated heterocycles. The van der Waals surface area contributed by atoms with Crippen LogP contribution in [0, 0.1) is 6.92 Å². The van der Waals surface area contributed by atoms with Crippen LogP contribution in [0.3, 0.4) is 0 Å². The van der Waals surface area contributed by atoms with E-state index in [4.69, 9.17) is 5.73 Å². The molecule has 0 aliphatic carbocycles. The molecule has 6 nitrogen and oxygen atoms in total. The molecule has 1 aromatic heterocycles. The van der Waals surface area contributed by atoms with E-state index in [1.165, 1.54) is 6.20 Å². The Labute approximate surface area is 112 Å². The Kier molecular flexibility index (Phi) is 3.48. The monoisotopic (exact) mass is 280 g/mol. The fourth-order valence-corrected chi connectivity index (χ4v) is 2.66. The lowest BCUT2D eigenvalue weighted by Gasteiger charge is -2.09. The molecule has 0 bridgehead atoms. The number of nitrogens with two attached hydrogens (primary N) is 1. The van der Waals surface area contributed by atoms with Crippen molar-refractivity contribution < 1.29 is 8.42 Å². The van der Waals surface area contributed by atoms with E-state index in [0.29, 0.717) is 23.6 Å². The smallest absolute Gasteiger partial charge is 0.279 e. The number of nitrogens with zero attached hydrogens (tertiary/aromatic N) is 1. The van der Waals surface area contributed by atoms with E-state index in [9.17, 15) is 8.42 Å². The number of hydrogen-bond acceptors (Lipinski definition) is 4. The van der Waals surface area contributed by atoms with E-state index in [1.807, 2.05) is 13.8 Å². The van der Waals surface area contributed by atoms with Gasteiger partial charge in [0.15, 0.2) is 5.03 Å². The number of aryl methyl sites for hydroxylation is 2. The van der Waals surface area contributed by atoms with Gasteiger partial charge in [0.05, 0.1) is 17.6 Å². The lowest BCUT2D eigenvalue weighted by Crippen LogP contribution is -2.14. The van der Waals surface area contributed by atoms with E-state index < -0.39 is 10.0 Å². The van der Waals surface area contributed by atoms with Crippen molar-refractivity contribution in [1.82, 2.24) is 9.97 Å². The van der Waals surface area contributed by atoms with E-state index in [0.717, 1.165) is 5.56 Å². The molecule has 102 valence electrons. The average molecular weight is 280 g/mol. The molecule has 2 aromatic rings. The van der Waals surface area contributed by atoms with Crippen molar-refractivity contribution in [1.29, 1.82) is 0 Å². The number of nitrogens with one attached hydrogen (secondary N) is 2. The van der Waals surface area contributed by atoms with Crippen LogP contribution in [0.25, 0.3) is 0 Å². The molecule has 1 aromatic carbocycles. The molecule has 7 heteroatoms. The summed E-state index contributed by atoms with van der Waals surface area (Å²) >= 11 is 0. The maximum atomic E-state index is 12.1. The molecule has 1 heterocycles. The van der Waals surface area contributed by atoms with Crippen LogP contribution in [0.1, 0.15) is 18.3 Å². The molecular weight excluding hydrogens is 264 g/mol. The molecule has 0 radical (unpaired) electrons. The number of sulfonamides is 1. The largest absolute Gasteiger partial charge is 0.397 e. The quantitative estimate of drug-likeness (QED) is 0.741. The topological polar surface area (TPSA) is 101 Å². The summed E-state index contributed by atoms with van der Waals surface area (Å²) in [5.41, 5.74) is 7.50. The average Bonchev–Trinajstić information content (AvgIpc) is 2.82. The van der Waals surface area contributed by atoms with Gasteiger partial charge in [-0.2, -0.15) is 8.42 Å². The summed E-state index contributed by atoms with van der Waals surface area (Å²) in [4.78, 5) is 6.72. The molecule has 4 N–H and O–H groups in total. The van der Waals surface area contributed by atoms with E-state index >= 15 is 0 Å². The van der Waals surface area contributed by atoms with Gasteiger partial charge in [-0.3, -0.25) is 4.72 Å². The normalized spacial score (nSPS) is 11.5. The number of hydrogen-bond donors (Lipinski definition) is 3. The number of imidazole rings is 1. The van der Waals surface area contributed by atoms with Crippen molar-refractivity contribution in [3.63, 3.8) is 0 Å². The number of aromatic nitrogens is 2. The van der Waals surface area contributed by atoms with Crippen LogP contribution >= 0.6 is 0 Å². The number of H-pyrrole nitrogens is 1. The predicted molar refractivity (Wildman–Crippen MR) is 74.4 cm³/mol. The number of rotatable bonds is 4. The van der Waals surface area contributed by atoms with Crippen molar-refractivity contribution in [2.75, 3.05) is 10.5 Å². The Bertz CT molecular complexity index is 692. The first-order chi connectivity index (χ1) is 8.92. The molecule has 0 aliphatic heterocycles. The summed E-state index contributed by atoms with van der Waals surface area (Å²) in [7, 11) is -3.69. The third kappa shape index (κ3) is 2.87. The minimum atomic E-state index is -3.69. The van der Waals surface area contributed by atoms with Gasteiger partial charge in [0.1, 0.15) is 5.82 Å². The van der Waals surface area contributed by atoms with Gasteiger partial charge in [0.25, 0.3) is 10.0 Å². The standard InChI is InChI=1S/C12H16N4O2S/c1-3-11-14-7-12(15-11)19(17,18)16-10-5-4-8(2)6-9(10)13/h4-7,16H,3,13H2,1-2H3,(H,14,15). The van der Waals surface area contributed by atoms with E-state index in [-0.39, 0.29) is 5.03 Å². The predicted octanol–water partition coefficient (Wildman–Crippen LogP) is 1.66. The maximum absolute atomic E-state index is 12.1. The molecule has 0 fully saturated rings.